The van der Waals surface area contributed by atoms with Crippen LogP contribution in [-0.2, 0) is 28.9 Å². The number of aromatic nitrogens is 3. The molecule has 7 heteroatoms. The maximum absolute atomic E-state index is 12.8. The zero-order valence-electron chi connectivity index (χ0n) is 15.5. The second-order valence-corrected chi connectivity index (χ2v) is 9.16. The summed E-state index contributed by atoms with van der Waals surface area (Å²) in [6, 6.07) is 0. The van der Waals surface area contributed by atoms with Crippen molar-refractivity contribution in [3.8, 4) is 0 Å². The summed E-state index contributed by atoms with van der Waals surface area (Å²) < 4.78 is 6.22. The summed E-state index contributed by atoms with van der Waals surface area (Å²) in [4.78, 5) is 26.6. The number of ether oxygens (including phenoxy) is 1. The summed E-state index contributed by atoms with van der Waals surface area (Å²) in [5.74, 6) is 0.131. The molecule has 0 saturated heterocycles. The van der Waals surface area contributed by atoms with Crippen molar-refractivity contribution in [1.29, 1.82) is 0 Å². The first kappa shape index (κ1) is 18.0. The van der Waals surface area contributed by atoms with Crippen molar-refractivity contribution < 1.29 is 9.53 Å². The lowest BCUT2D eigenvalue weighted by Gasteiger charge is -2.33. The number of thiophene rings is 1. The van der Waals surface area contributed by atoms with Gasteiger partial charge in [0.15, 0.2) is 4.83 Å². The van der Waals surface area contributed by atoms with E-state index < -0.39 is 5.97 Å². The Kier molecular flexibility index (Phi) is 4.70. The number of carbonyl (C=O) groups excluding carboxylic acids is 1. The van der Waals surface area contributed by atoms with Gasteiger partial charge < -0.3 is 4.74 Å². The highest BCUT2D eigenvalue weighted by molar-refractivity contribution is 7.18. The fourth-order valence-corrected chi connectivity index (χ4v) is 4.63. The molecule has 0 amide bonds. The van der Waals surface area contributed by atoms with Crippen molar-refractivity contribution >= 4 is 27.5 Å². The lowest BCUT2D eigenvalue weighted by atomic mass is 9.72. The molecule has 0 saturated carbocycles. The lowest BCUT2D eigenvalue weighted by Crippen LogP contribution is -2.30. The van der Waals surface area contributed by atoms with Crippen molar-refractivity contribution in [2.24, 2.45) is 11.3 Å². The van der Waals surface area contributed by atoms with Crippen molar-refractivity contribution in [3.63, 3.8) is 0 Å². The Morgan fingerprint density at radius 1 is 1.40 bits per heavy atom. The quantitative estimate of drug-likeness (QED) is 0.784. The third kappa shape index (κ3) is 3.61. The predicted octanol–water partition coefficient (Wildman–Crippen LogP) is 2.96. The molecule has 0 radical (unpaired) electrons. The Morgan fingerprint density at radius 2 is 2.12 bits per heavy atom. The van der Waals surface area contributed by atoms with Gasteiger partial charge in [-0.25, -0.2) is 0 Å². The van der Waals surface area contributed by atoms with E-state index in [0.29, 0.717) is 16.1 Å². The topological polar surface area (TPSA) is 74.1 Å². The molecular formula is C18H25N3O3S. The van der Waals surface area contributed by atoms with Gasteiger partial charge in [-0.1, -0.05) is 26.0 Å². The maximum Gasteiger partial charge on any atom is 0.328 e. The highest BCUT2D eigenvalue weighted by Crippen LogP contribution is 2.41. The minimum atomic E-state index is -0.470. The molecule has 6 nitrogen and oxygen atoms in total. The Morgan fingerprint density at radius 3 is 2.76 bits per heavy atom. The van der Waals surface area contributed by atoms with Crippen LogP contribution >= 0.6 is 11.3 Å². The van der Waals surface area contributed by atoms with Crippen LogP contribution in [0.4, 0.5) is 0 Å². The van der Waals surface area contributed by atoms with Gasteiger partial charge in [0.1, 0.15) is 6.54 Å². The summed E-state index contributed by atoms with van der Waals surface area (Å²) in [6.45, 7) is 10.2. The zero-order chi connectivity index (χ0) is 18.4. The number of carbonyl (C=O) groups is 1. The van der Waals surface area contributed by atoms with Crippen molar-refractivity contribution in [2.45, 2.75) is 66.5 Å². The molecule has 2 aromatic rings. The van der Waals surface area contributed by atoms with Crippen LogP contribution in [0.25, 0.3) is 10.2 Å². The van der Waals surface area contributed by atoms with E-state index in [1.807, 2.05) is 0 Å². The summed E-state index contributed by atoms with van der Waals surface area (Å²) in [6.07, 6.45) is 2.71. The average Bonchev–Trinajstić information content (AvgIpc) is 2.86. The first-order valence-electron chi connectivity index (χ1n) is 8.74. The van der Waals surface area contributed by atoms with E-state index in [2.05, 4.69) is 31.1 Å². The van der Waals surface area contributed by atoms with Gasteiger partial charge in [0.2, 0.25) is 0 Å². The van der Waals surface area contributed by atoms with Crippen LogP contribution in [0.15, 0.2) is 4.79 Å². The number of hydrogen-bond donors (Lipinski definition) is 0. The molecule has 2 heterocycles. The number of nitrogens with zero attached hydrogens (tertiary/aromatic N) is 3. The number of rotatable bonds is 3. The molecule has 0 fully saturated rings. The van der Waals surface area contributed by atoms with Gasteiger partial charge in [0.25, 0.3) is 5.56 Å². The monoisotopic (exact) mass is 363 g/mol. The highest BCUT2D eigenvalue weighted by Gasteiger charge is 2.32. The Labute approximate surface area is 151 Å². The number of aryl methyl sites for hydroxylation is 1. The SMILES string of the molecule is CC(C)OC(=O)Cn1nnc2sc3c(c2c1=O)CCC(C(C)(C)C)C3. The summed E-state index contributed by atoms with van der Waals surface area (Å²) in [5.41, 5.74) is 1.11. The van der Waals surface area contributed by atoms with Gasteiger partial charge >= 0.3 is 5.97 Å². The summed E-state index contributed by atoms with van der Waals surface area (Å²) in [7, 11) is 0. The first-order chi connectivity index (χ1) is 11.7. The van der Waals surface area contributed by atoms with Crippen LogP contribution in [-0.4, -0.2) is 27.1 Å². The third-order valence-electron chi connectivity index (χ3n) is 4.81. The van der Waals surface area contributed by atoms with E-state index in [-0.39, 0.29) is 23.6 Å². The fourth-order valence-electron chi connectivity index (χ4n) is 3.39. The molecule has 0 spiro atoms. The smallest absolute Gasteiger partial charge is 0.328 e. The minimum absolute atomic E-state index is 0.199. The van der Waals surface area contributed by atoms with E-state index >= 15 is 0 Å². The van der Waals surface area contributed by atoms with E-state index in [4.69, 9.17) is 4.74 Å². The maximum atomic E-state index is 12.8. The number of hydrogen-bond acceptors (Lipinski definition) is 6. The van der Waals surface area contributed by atoms with Gasteiger partial charge in [-0.05, 0) is 50.0 Å². The van der Waals surface area contributed by atoms with Gasteiger partial charge in [-0.15, -0.1) is 16.4 Å². The first-order valence-corrected chi connectivity index (χ1v) is 9.56. The molecule has 1 aliphatic carbocycles. The summed E-state index contributed by atoms with van der Waals surface area (Å²) >= 11 is 1.57. The second kappa shape index (κ2) is 6.52. The van der Waals surface area contributed by atoms with Crippen LogP contribution < -0.4 is 5.56 Å². The lowest BCUT2D eigenvalue weighted by molar-refractivity contribution is -0.148. The molecule has 0 aromatic carbocycles. The normalized spacial score (nSPS) is 17.8. The third-order valence-corrected chi connectivity index (χ3v) is 5.95. The van der Waals surface area contributed by atoms with Crippen LogP contribution in [0.3, 0.4) is 0 Å². The molecule has 1 aliphatic rings. The van der Waals surface area contributed by atoms with E-state index in [1.54, 1.807) is 25.2 Å². The van der Waals surface area contributed by atoms with Crippen molar-refractivity contribution in [3.05, 3.63) is 20.8 Å². The Bertz CT molecular complexity index is 861. The highest BCUT2D eigenvalue weighted by atomic mass is 32.1. The van der Waals surface area contributed by atoms with Gasteiger partial charge in [-0.2, -0.15) is 4.68 Å². The molecule has 136 valence electrons. The predicted molar refractivity (Wildman–Crippen MR) is 97.9 cm³/mol. The van der Waals surface area contributed by atoms with Crippen molar-refractivity contribution in [2.75, 3.05) is 0 Å². The fraction of sp³-hybridized carbons (Fsp3) is 0.667. The molecule has 1 unspecified atom stereocenters. The molecule has 0 N–H and O–H groups in total. The van der Waals surface area contributed by atoms with Crippen molar-refractivity contribution in [1.82, 2.24) is 15.0 Å². The van der Waals surface area contributed by atoms with Crippen LogP contribution in [0, 0.1) is 11.3 Å². The van der Waals surface area contributed by atoms with Crippen LogP contribution in [0.1, 0.15) is 51.5 Å². The van der Waals surface area contributed by atoms with Crippen LogP contribution in [0.5, 0.6) is 0 Å². The molecule has 3 rings (SSSR count). The zero-order valence-corrected chi connectivity index (χ0v) is 16.3. The largest absolute Gasteiger partial charge is 0.462 e. The van der Waals surface area contributed by atoms with Gasteiger partial charge in [0.05, 0.1) is 11.5 Å². The van der Waals surface area contributed by atoms with E-state index in [0.717, 1.165) is 29.5 Å². The Balaban J connectivity index is 1.95. The standard InChI is InChI=1S/C18H25N3O3S/c1-10(2)24-14(22)9-21-17(23)15-12-7-6-11(18(3,4)5)8-13(12)25-16(15)19-20-21/h10-11H,6-9H2,1-5H3. The average molecular weight is 363 g/mol. The number of fused-ring (bicyclic) bond motifs is 3. The molecule has 25 heavy (non-hydrogen) atoms. The molecule has 2 aromatic heterocycles. The Hall–Kier alpha value is -1.76. The van der Waals surface area contributed by atoms with Crippen LogP contribution in [0.2, 0.25) is 0 Å². The molecule has 0 aliphatic heterocycles. The van der Waals surface area contributed by atoms with E-state index in [9.17, 15) is 9.59 Å². The second-order valence-electron chi connectivity index (χ2n) is 8.08. The van der Waals surface area contributed by atoms with Gasteiger partial charge in [0, 0.05) is 4.88 Å². The summed E-state index contributed by atoms with van der Waals surface area (Å²) in [5, 5.41) is 8.76. The minimum Gasteiger partial charge on any atom is -0.462 e. The molecular weight excluding hydrogens is 338 g/mol. The number of esters is 1. The molecule has 1 atom stereocenters. The molecule has 0 bridgehead atoms. The van der Waals surface area contributed by atoms with Gasteiger partial charge in [-0.3, -0.25) is 9.59 Å². The van der Waals surface area contributed by atoms with E-state index in [1.165, 1.54) is 4.88 Å².